The van der Waals surface area contributed by atoms with Gasteiger partial charge in [0.25, 0.3) is 0 Å². The number of furan rings is 1. The lowest BCUT2D eigenvalue weighted by atomic mass is 9.95. The smallest absolute Gasteiger partial charge is 0.153 e. The summed E-state index contributed by atoms with van der Waals surface area (Å²) >= 11 is 0. The zero-order valence-electron chi connectivity index (χ0n) is 18.4. The van der Waals surface area contributed by atoms with Crippen molar-refractivity contribution in [2.24, 2.45) is 0 Å². The molecule has 0 bridgehead atoms. The molecular weight excluding hydrogens is 378 g/mol. The normalized spacial score (nSPS) is 11.2. The maximum atomic E-state index is 6.12. The average molecular weight is 404 g/mol. The first-order chi connectivity index (χ1) is 15.0. The Morgan fingerprint density at radius 3 is 1.97 bits per heavy atom. The fourth-order valence-corrected chi connectivity index (χ4v) is 4.44. The van der Waals surface area contributed by atoms with Gasteiger partial charge >= 0.3 is 0 Å². The van der Waals surface area contributed by atoms with Crippen LogP contribution in [0.2, 0.25) is 0 Å². The third-order valence-electron chi connectivity index (χ3n) is 5.86. The number of benzene rings is 3. The van der Waals surface area contributed by atoms with Gasteiger partial charge in [0.1, 0.15) is 5.76 Å². The number of nitrogens with zero attached hydrogens (tertiary/aromatic N) is 1. The van der Waals surface area contributed by atoms with Crippen molar-refractivity contribution in [2.75, 3.05) is 0 Å². The largest absolute Gasteiger partial charge is 0.454 e. The minimum absolute atomic E-state index is 0.807. The number of hydrogen-bond donors (Lipinski definition) is 0. The highest BCUT2D eigenvalue weighted by Crippen LogP contribution is 2.33. The minimum Gasteiger partial charge on any atom is -0.454 e. The van der Waals surface area contributed by atoms with Gasteiger partial charge in [-0.05, 0) is 74.2 Å². The predicted octanol–water partition coefficient (Wildman–Crippen LogP) is 8.06. The fraction of sp³-hybridized carbons (Fsp3) is 0.138. The van der Waals surface area contributed by atoms with Crippen LogP contribution in [0.4, 0.5) is 0 Å². The van der Waals surface area contributed by atoms with Crippen molar-refractivity contribution < 1.29 is 4.42 Å². The standard InChI is InChI=1S/C29H25NO/c1-18-12-19(2)14-24(13-18)26-15-25-16-27(31-28(25)17-30-26)22-8-10-23(11-9-22)29-20(3)6-5-7-21(29)4/h5-17H,1-4H3. The predicted molar refractivity (Wildman–Crippen MR) is 129 cm³/mol. The maximum Gasteiger partial charge on any atom is 0.153 e. The van der Waals surface area contributed by atoms with Gasteiger partial charge in [-0.2, -0.15) is 0 Å². The molecule has 5 rings (SSSR count). The quantitative estimate of drug-likeness (QED) is 0.304. The summed E-state index contributed by atoms with van der Waals surface area (Å²) in [7, 11) is 0. The van der Waals surface area contributed by atoms with Crippen LogP contribution in [0.5, 0.6) is 0 Å². The first-order valence-corrected chi connectivity index (χ1v) is 10.6. The van der Waals surface area contributed by atoms with Gasteiger partial charge in [-0.3, -0.25) is 4.98 Å². The van der Waals surface area contributed by atoms with E-state index >= 15 is 0 Å². The molecule has 0 aliphatic rings. The molecule has 0 spiro atoms. The zero-order chi connectivity index (χ0) is 21.5. The van der Waals surface area contributed by atoms with Gasteiger partial charge in [-0.1, -0.05) is 59.7 Å². The molecule has 0 N–H and O–H groups in total. The van der Waals surface area contributed by atoms with Gasteiger partial charge in [0.15, 0.2) is 5.58 Å². The van der Waals surface area contributed by atoms with Crippen molar-refractivity contribution in [1.29, 1.82) is 0 Å². The number of rotatable bonds is 3. The van der Waals surface area contributed by atoms with Crippen molar-refractivity contribution in [1.82, 2.24) is 4.98 Å². The van der Waals surface area contributed by atoms with E-state index in [1.54, 1.807) is 0 Å². The molecule has 0 amide bonds. The van der Waals surface area contributed by atoms with Gasteiger partial charge in [-0.15, -0.1) is 0 Å². The summed E-state index contributed by atoms with van der Waals surface area (Å²) < 4.78 is 6.12. The second-order valence-corrected chi connectivity index (χ2v) is 8.44. The Balaban J connectivity index is 1.51. The molecule has 2 aromatic heterocycles. The van der Waals surface area contributed by atoms with Crippen LogP contribution in [-0.4, -0.2) is 4.98 Å². The molecule has 0 fully saturated rings. The highest BCUT2D eigenvalue weighted by Gasteiger charge is 2.11. The molecule has 2 heterocycles. The first-order valence-electron chi connectivity index (χ1n) is 10.6. The van der Waals surface area contributed by atoms with E-state index in [0.29, 0.717) is 0 Å². The Kier molecular flexibility index (Phi) is 4.71. The molecule has 3 aromatic carbocycles. The molecule has 0 saturated carbocycles. The summed E-state index contributed by atoms with van der Waals surface area (Å²) in [4.78, 5) is 4.65. The lowest BCUT2D eigenvalue weighted by molar-refractivity contribution is 0.630. The zero-order valence-corrected chi connectivity index (χ0v) is 18.4. The van der Waals surface area contributed by atoms with Crippen LogP contribution in [0.25, 0.3) is 44.7 Å². The van der Waals surface area contributed by atoms with E-state index in [2.05, 4.69) is 105 Å². The highest BCUT2D eigenvalue weighted by molar-refractivity contribution is 5.86. The molecule has 0 unspecified atom stereocenters. The first kappa shape index (κ1) is 19.3. The van der Waals surface area contributed by atoms with Gasteiger partial charge in [0.05, 0.1) is 11.9 Å². The summed E-state index contributed by atoms with van der Waals surface area (Å²) in [5.41, 5.74) is 11.6. The molecular formula is C29H25NO. The summed E-state index contributed by atoms with van der Waals surface area (Å²) in [5, 5.41) is 1.07. The van der Waals surface area contributed by atoms with Gasteiger partial charge in [-0.25, -0.2) is 0 Å². The monoisotopic (exact) mass is 403 g/mol. The summed E-state index contributed by atoms with van der Waals surface area (Å²) in [6, 6.07) is 25.8. The molecule has 5 aromatic rings. The molecule has 0 atom stereocenters. The van der Waals surface area contributed by atoms with Crippen LogP contribution < -0.4 is 0 Å². The fourth-order valence-electron chi connectivity index (χ4n) is 4.44. The molecule has 0 aliphatic carbocycles. The van der Waals surface area contributed by atoms with Crippen molar-refractivity contribution in [2.45, 2.75) is 27.7 Å². The number of aryl methyl sites for hydroxylation is 4. The van der Waals surface area contributed by atoms with Crippen LogP contribution in [-0.2, 0) is 0 Å². The number of pyridine rings is 1. The molecule has 2 heteroatoms. The average Bonchev–Trinajstić information content (AvgIpc) is 3.17. The molecule has 152 valence electrons. The van der Waals surface area contributed by atoms with E-state index < -0.39 is 0 Å². The summed E-state index contributed by atoms with van der Waals surface area (Å²) in [5.74, 6) is 0.863. The van der Waals surface area contributed by atoms with Crippen LogP contribution in [0.1, 0.15) is 22.3 Å². The van der Waals surface area contributed by atoms with Crippen molar-refractivity contribution >= 4 is 11.0 Å². The molecule has 31 heavy (non-hydrogen) atoms. The Labute approximate surface area is 183 Å². The minimum atomic E-state index is 0.807. The van der Waals surface area contributed by atoms with E-state index in [1.807, 2.05) is 6.20 Å². The second-order valence-electron chi connectivity index (χ2n) is 8.44. The van der Waals surface area contributed by atoms with Crippen molar-refractivity contribution in [3.8, 4) is 33.7 Å². The molecule has 0 saturated heterocycles. The van der Waals surface area contributed by atoms with Crippen molar-refractivity contribution in [3.63, 3.8) is 0 Å². The van der Waals surface area contributed by atoms with Crippen molar-refractivity contribution in [3.05, 3.63) is 101 Å². The lowest BCUT2D eigenvalue weighted by Gasteiger charge is -2.10. The second kappa shape index (κ2) is 7.55. The molecule has 0 aliphatic heterocycles. The van der Waals surface area contributed by atoms with Gasteiger partial charge < -0.3 is 4.42 Å². The number of hydrogen-bond acceptors (Lipinski definition) is 2. The van der Waals surface area contributed by atoms with Crippen LogP contribution >= 0.6 is 0 Å². The Morgan fingerprint density at radius 1 is 0.645 bits per heavy atom. The van der Waals surface area contributed by atoms with Gasteiger partial charge in [0, 0.05) is 16.5 Å². The Hall–Kier alpha value is -3.65. The topological polar surface area (TPSA) is 26.0 Å². The third kappa shape index (κ3) is 3.66. The van der Waals surface area contributed by atoms with Crippen LogP contribution in [0, 0.1) is 27.7 Å². The third-order valence-corrected chi connectivity index (χ3v) is 5.86. The van der Waals surface area contributed by atoms with Crippen LogP contribution in [0.15, 0.2) is 83.4 Å². The SMILES string of the molecule is Cc1cc(C)cc(-c2cc3cc(-c4ccc(-c5c(C)cccc5C)cc4)oc3cn2)c1. The number of fused-ring (bicyclic) bond motifs is 1. The molecule has 0 radical (unpaired) electrons. The van der Waals surface area contributed by atoms with Crippen LogP contribution in [0.3, 0.4) is 0 Å². The lowest BCUT2D eigenvalue weighted by Crippen LogP contribution is -1.87. The van der Waals surface area contributed by atoms with E-state index in [1.165, 1.54) is 33.4 Å². The van der Waals surface area contributed by atoms with E-state index in [0.717, 1.165) is 33.6 Å². The molecule has 2 nitrogen and oxygen atoms in total. The highest BCUT2D eigenvalue weighted by atomic mass is 16.3. The Morgan fingerprint density at radius 2 is 1.29 bits per heavy atom. The Bertz CT molecular complexity index is 1370. The van der Waals surface area contributed by atoms with E-state index in [-0.39, 0.29) is 0 Å². The number of aromatic nitrogens is 1. The van der Waals surface area contributed by atoms with E-state index in [9.17, 15) is 0 Å². The van der Waals surface area contributed by atoms with Gasteiger partial charge in [0.2, 0.25) is 0 Å². The van der Waals surface area contributed by atoms with E-state index in [4.69, 9.17) is 4.42 Å². The maximum absolute atomic E-state index is 6.12. The summed E-state index contributed by atoms with van der Waals surface area (Å²) in [6.45, 7) is 8.56. The summed E-state index contributed by atoms with van der Waals surface area (Å²) in [6.07, 6.45) is 1.83.